The molecule has 4 heteroatoms. The first-order chi connectivity index (χ1) is 9.72. The predicted molar refractivity (Wildman–Crippen MR) is 87.2 cm³/mol. The van der Waals surface area contributed by atoms with Crippen molar-refractivity contribution in [2.45, 2.75) is 10.6 Å². The molecule has 0 saturated carbocycles. The van der Waals surface area contributed by atoms with E-state index in [0.29, 0.717) is 5.15 Å². The SMILES string of the molecule is Nc1ccc(SCc2cc3ccccc3nc2Cl)cc1. The number of benzene rings is 2. The van der Waals surface area contributed by atoms with Gasteiger partial charge in [0.05, 0.1) is 5.52 Å². The summed E-state index contributed by atoms with van der Waals surface area (Å²) in [7, 11) is 0. The number of para-hydroxylation sites is 1. The number of halogens is 1. The first kappa shape index (κ1) is 13.3. The van der Waals surface area contributed by atoms with E-state index in [9.17, 15) is 0 Å². The Morgan fingerprint density at radius 2 is 1.80 bits per heavy atom. The van der Waals surface area contributed by atoms with Gasteiger partial charge in [0.15, 0.2) is 0 Å². The number of nitrogen functional groups attached to an aromatic ring is 1. The molecule has 3 rings (SSSR count). The third-order valence-electron chi connectivity index (χ3n) is 3.02. The van der Waals surface area contributed by atoms with E-state index < -0.39 is 0 Å². The van der Waals surface area contributed by atoms with Crippen molar-refractivity contribution in [2.75, 3.05) is 5.73 Å². The molecular weight excluding hydrogens is 288 g/mol. The van der Waals surface area contributed by atoms with Gasteiger partial charge in [-0.2, -0.15) is 0 Å². The third kappa shape index (κ3) is 2.89. The van der Waals surface area contributed by atoms with E-state index in [1.807, 2.05) is 42.5 Å². The van der Waals surface area contributed by atoms with Crippen LogP contribution in [0.25, 0.3) is 10.9 Å². The number of aromatic nitrogens is 1. The van der Waals surface area contributed by atoms with E-state index in [1.54, 1.807) is 11.8 Å². The molecule has 20 heavy (non-hydrogen) atoms. The average molecular weight is 301 g/mol. The summed E-state index contributed by atoms with van der Waals surface area (Å²) in [5.74, 6) is 0.792. The van der Waals surface area contributed by atoms with E-state index in [0.717, 1.165) is 27.9 Å². The van der Waals surface area contributed by atoms with Crippen LogP contribution >= 0.6 is 23.4 Å². The maximum absolute atomic E-state index is 6.25. The molecule has 100 valence electrons. The van der Waals surface area contributed by atoms with Gasteiger partial charge >= 0.3 is 0 Å². The first-order valence-corrected chi connectivity index (χ1v) is 7.61. The molecule has 0 aliphatic carbocycles. The van der Waals surface area contributed by atoms with Crippen LogP contribution in [0.5, 0.6) is 0 Å². The molecule has 0 radical (unpaired) electrons. The first-order valence-electron chi connectivity index (χ1n) is 6.25. The highest BCUT2D eigenvalue weighted by Crippen LogP contribution is 2.28. The van der Waals surface area contributed by atoms with Crippen molar-refractivity contribution in [1.82, 2.24) is 4.98 Å². The van der Waals surface area contributed by atoms with Crippen LogP contribution in [0.1, 0.15) is 5.56 Å². The average Bonchev–Trinajstić information content (AvgIpc) is 2.47. The number of anilines is 1. The molecule has 0 unspecified atom stereocenters. The molecule has 0 atom stereocenters. The fraction of sp³-hybridized carbons (Fsp3) is 0.0625. The van der Waals surface area contributed by atoms with Gasteiger partial charge < -0.3 is 5.73 Å². The third-order valence-corrected chi connectivity index (χ3v) is 4.41. The smallest absolute Gasteiger partial charge is 0.133 e. The Bertz CT molecular complexity index is 741. The Labute approximate surface area is 127 Å². The Balaban J connectivity index is 1.83. The Kier molecular flexibility index (Phi) is 3.81. The zero-order chi connectivity index (χ0) is 13.9. The van der Waals surface area contributed by atoms with E-state index >= 15 is 0 Å². The molecule has 2 N–H and O–H groups in total. The minimum absolute atomic E-state index is 0.576. The minimum Gasteiger partial charge on any atom is -0.399 e. The van der Waals surface area contributed by atoms with Crippen LogP contribution in [0.15, 0.2) is 59.5 Å². The number of fused-ring (bicyclic) bond motifs is 1. The second-order valence-corrected chi connectivity index (χ2v) is 5.90. The zero-order valence-corrected chi connectivity index (χ0v) is 12.3. The van der Waals surface area contributed by atoms with Gasteiger partial charge in [0.1, 0.15) is 5.15 Å². The normalized spacial score (nSPS) is 10.8. The molecule has 3 aromatic rings. The number of thioether (sulfide) groups is 1. The molecule has 0 bridgehead atoms. The lowest BCUT2D eigenvalue weighted by Crippen LogP contribution is -1.89. The molecule has 0 spiro atoms. The van der Waals surface area contributed by atoms with Crippen molar-refractivity contribution < 1.29 is 0 Å². The van der Waals surface area contributed by atoms with Crippen molar-refractivity contribution in [3.63, 3.8) is 0 Å². The van der Waals surface area contributed by atoms with Gasteiger partial charge in [-0.15, -0.1) is 11.8 Å². The second-order valence-electron chi connectivity index (χ2n) is 4.49. The molecule has 0 amide bonds. The highest BCUT2D eigenvalue weighted by molar-refractivity contribution is 7.98. The summed E-state index contributed by atoms with van der Waals surface area (Å²) in [4.78, 5) is 5.60. The summed E-state index contributed by atoms with van der Waals surface area (Å²) in [6.07, 6.45) is 0. The van der Waals surface area contributed by atoms with Crippen LogP contribution in [-0.4, -0.2) is 4.98 Å². The molecule has 1 heterocycles. The van der Waals surface area contributed by atoms with E-state index in [2.05, 4.69) is 17.1 Å². The molecule has 0 aliphatic rings. The lowest BCUT2D eigenvalue weighted by atomic mass is 10.2. The van der Waals surface area contributed by atoms with Crippen LogP contribution in [-0.2, 0) is 5.75 Å². The molecule has 0 aliphatic heterocycles. The van der Waals surface area contributed by atoms with Crippen molar-refractivity contribution in [1.29, 1.82) is 0 Å². The van der Waals surface area contributed by atoms with E-state index in [1.165, 1.54) is 4.90 Å². The maximum atomic E-state index is 6.25. The molecule has 0 saturated heterocycles. The topological polar surface area (TPSA) is 38.9 Å². The van der Waals surface area contributed by atoms with Gasteiger partial charge in [-0.1, -0.05) is 29.8 Å². The molecule has 2 aromatic carbocycles. The van der Waals surface area contributed by atoms with Gasteiger partial charge in [0.25, 0.3) is 0 Å². The summed E-state index contributed by atoms with van der Waals surface area (Å²) >= 11 is 7.98. The van der Waals surface area contributed by atoms with Gasteiger partial charge in [0.2, 0.25) is 0 Å². The fourth-order valence-corrected chi connectivity index (χ4v) is 3.12. The lowest BCUT2D eigenvalue weighted by Gasteiger charge is -2.06. The number of nitrogens with zero attached hydrogens (tertiary/aromatic N) is 1. The maximum Gasteiger partial charge on any atom is 0.133 e. The van der Waals surface area contributed by atoms with Gasteiger partial charge in [0, 0.05) is 27.3 Å². The van der Waals surface area contributed by atoms with Crippen LogP contribution in [0.2, 0.25) is 5.15 Å². The Morgan fingerprint density at radius 3 is 2.60 bits per heavy atom. The number of pyridine rings is 1. The largest absolute Gasteiger partial charge is 0.399 e. The number of nitrogens with two attached hydrogens (primary N) is 1. The van der Waals surface area contributed by atoms with Gasteiger partial charge in [-0.25, -0.2) is 4.98 Å². The highest BCUT2D eigenvalue weighted by Gasteiger charge is 2.05. The molecule has 1 aromatic heterocycles. The van der Waals surface area contributed by atoms with Crippen molar-refractivity contribution in [2.24, 2.45) is 0 Å². The summed E-state index contributed by atoms with van der Waals surface area (Å²) < 4.78 is 0. The fourth-order valence-electron chi connectivity index (χ4n) is 1.96. The minimum atomic E-state index is 0.576. The molecular formula is C16H13ClN2S. The summed E-state index contributed by atoms with van der Waals surface area (Å²) in [6.45, 7) is 0. The van der Waals surface area contributed by atoms with Crippen LogP contribution in [0.4, 0.5) is 5.69 Å². The van der Waals surface area contributed by atoms with Crippen molar-refractivity contribution in [3.8, 4) is 0 Å². The van der Waals surface area contributed by atoms with E-state index in [4.69, 9.17) is 17.3 Å². The van der Waals surface area contributed by atoms with Crippen LogP contribution in [0, 0.1) is 0 Å². The Hall–Kier alpha value is -1.71. The number of hydrogen-bond acceptors (Lipinski definition) is 3. The quantitative estimate of drug-likeness (QED) is 0.430. The zero-order valence-electron chi connectivity index (χ0n) is 10.7. The lowest BCUT2D eigenvalue weighted by molar-refractivity contribution is 1.30. The van der Waals surface area contributed by atoms with Crippen LogP contribution < -0.4 is 5.73 Å². The molecule has 0 fully saturated rings. The second kappa shape index (κ2) is 5.73. The monoisotopic (exact) mass is 300 g/mol. The summed E-state index contributed by atoms with van der Waals surface area (Å²) in [6, 6.07) is 17.9. The summed E-state index contributed by atoms with van der Waals surface area (Å²) in [5.41, 5.74) is 8.44. The van der Waals surface area contributed by atoms with Gasteiger partial charge in [-0.05, 0) is 36.4 Å². The van der Waals surface area contributed by atoms with E-state index in [-0.39, 0.29) is 0 Å². The highest BCUT2D eigenvalue weighted by atomic mass is 35.5. The molecule has 2 nitrogen and oxygen atoms in total. The van der Waals surface area contributed by atoms with Crippen molar-refractivity contribution >= 4 is 40.0 Å². The number of hydrogen-bond donors (Lipinski definition) is 1. The summed E-state index contributed by atoms with van der Waals surface area (Å²) in [5, 5.41) is 1.69. The Morgan fingerprint density at radius 1 is 1.05 bits per heavy atom. The standard InChI is InChI=1S/C16H13ClN2S/c17-16-12(9-11-3-1-2-4-15(11)19-16)10-20-14-7-5-13(18)6-8-14/h1-9H,10,18H2. The predicted octanol–water partition coefficient (Wildman–Crippen LogP) is 4.76. The van der Waals surface area contributed by atoms with Gasteiger partial charge in [-0.3, -0.25) is 0 Å². The number of rotatable bonds is 3. The van der Waals surface area contributed by atoms with Crippen molar-refractivity contribution in [3.05, 3.63) is 65.3 Å². The van der Waals surface area contributed by atoms with Crippen LogP contribution in [0.3, 0.4) is 0 Å².